The monoisotopic (exact) mass is 342 g/mol. The number of carbonyl (C=O) groups is 2. The Bertz CT molecular complexity index is 585. The molecular weight excluding hydrogens is 327 g/mol. The molecule has 22 heavy (non-hydrogen) atoms. The van der Waals surface area contributed by atoms with Crippen LogP contribution in [0.2, 0.25) is 10.0 Å². The van der Waals surface area contributed by atoms with Crippen LogP contribution in [-0.4, -0.2) is 36.5 Å². The first kappa shape index (κ1) is 18.3. The van der Waals surface area contributed by atoms with E-state index in [4.69, 9.17) is 33.2 Å². The fraction of sp³-hybridized carbons (Fsp3) is 0.400. The molecule has 0 aliphatic carbocycles. The minimum atomic E-state index is -0.383. The van der Waals surface area contributed by atoms with Crippen LogP contribution in [0.4, 0.5) is 0 Å². The predicted molar refractivity (Wildman–Crippen MR) is 83.8 cm³/mol. The third-order valence-corrected chi connectivity index (χ3v) is 3.58. The van der Waals surface area contributed by atoms with Gasteiger partial charge in [0, 0.05) is 18.7 Å². The van der Waals surface area contributed by atoms with Crippen molar-refractivity contribution in [2.75, 3.05) is 19.7 Å². The highest BCUT2D eigenvalue weighted by Crippen LogP contribution is 2.23. The summed E-state index contributed by atoms with van der Waals surface area (Å²) in [5, 5.41) is 9.32. The van der Waals surface area contributed by atoms with Crippen molar-refractivity contribution in [2.45, 2.75) is 19.8 Å². The second-order valence-corrected chi connectivity index (χ2v) is 5.20. The lowest BCUT2D eigenvalue weighted by molar-refractivity contribution is -0.143. The fourth-order valence-corrected chi connectivity index (χ4v) is 2.07. The first-order valence-corrected chi connectivity index (χ1v) is 7.52. The Kier molecular flexibility index (Phi) is 7.72. The maximum Gasteiger partial charge on any atom is 0.307 e. The molecule has 0 saturated carbocycles. The maximum absolute atomic E-state index is 12.4. The van der Waals surface area contributed by atoms with Crippen molar-refractivity contribution < 1.29 is 14.3 Å². The lowest BCUT2D eigenvalue weighted by atomic mass is 10.2. The van der Waals surface area contributed by atoms with Gasteiger partial charge >= 0.3 is 5.97 Å². The van der Waals surface area contributed by atoms with Crippen molar-refractivity contribution in [1.29, 1.82) is 5.26 Å². The smallest absolute Gasteiger partial charge is 0.307 e. The normalized spacial score (nSPS) is 9.91. The van der Waals surface area contributed by atoms with E-state index in [1.165, 1.54) is 17.0 Å². The van der Waals surface area contributed by atoms with Crippen LogP contribution in [0.15, 0.2) is 18.2 Å². The molecule has 7 heteroatoms. The Morgan fingerprint density at radius 1 is 1.27 bits per heavy atom. The van der Waals surface area contributed by atoms with Crippen LogP contribution in [0, 0.1) is 11.3 Å². The molecule has 0 fully saturated rings. The Labute approximate surface area is 139 Å². The number of esters is 1. The van der Waals surface area contributed by atoms with Gasteiger partial charge in [0.2, 0.25) is 0 Å². The summed E-state index contributed by atoms with van der Waals surface area (Å²) in [5.41, 5.74) is 0.358. The molecule has 1 aromatic rings. The molecule has 1 rings (SSSR count). The second-order valence-electron chi connectivity index (χ2n) is 4.38. The van der Waals surface area contributed by atoms with Gasteiger partial charge in [0.25, 0.3) is 5.91 Å². The number of rotatable bonds is 7. The van der Waals surface area contributed by atoms with Crippen LogP contribution in [0.25, 0.3) is 0 Å². The van der Waals surface area contributed by atoms with E-state index in [9.17, 15) is 9.59 Å². The minimum absolute atomic E-state index is 0.0757. The van der Waals surface area contributed by atoms with Gasteiger partial charge in [-0.1, -0.05) is 23.2 Å². The zero-order chi connectivity index (χ0) is 16.5. The number of amides is 1. The summed E-state index contributed by atoms with van der Waals surface area (Å²) in [6, 6.07) is 6.54. The minimum Gasteiger partial charge on any atom is -0.466 e. The molecule has 0 N–H and O–H groups in total. The van der Waals surface area contributed by atoms with E-state index in [-0.39, 0.29) is 49.4 Å². The molecule has 0 spiro atoms. The average molecular weight is 343 g/mol. The molecule has 0 radical (unpaired) electrons. The first-order chi connectivity index (χ1) is 10.5. The van der Waals surface area contributed by atoms with Crippen molar-refractivity contribution in [3.05, 3.63) is 33.8 Å². The molecule has 0 saturated heterocycles. The average Bonchev–Trinajstić information content (AvgIpc) is 2.50. The van der Waals surface area contributed by atoms with E-state index in [1.807, 2.05) is 6.07 Å². The van der Waals surface area contributed by atoms with Crippen molar-refractivity contribution in [3.63, 3.8) is 0 Å². The third-order valence-electron chi connectivity index (χ3n) is 2.84. The number of benzene rings is 1. The van der Waals surface area contributed by atoms with Crippen LogP contribution in [-0.2, 0) is 9.53 Å². The van der Waals surface area contributed by atoms with E-state index in [1.54, 1.807) is 13.0 Å². The molecule has 0 aromatic heterocycles. The van der Waals surface area contributed by atoms with Gasteiger partial charge in [-0.2, -0.15) is 5.26 Å². The Hall–Kier alpha value is -1.77. The molecule has 5 nitrogen and oxygen atoms in total. The summed E-state index contributed by atoms with van der Waals surface area (Å²) >= 11 is 11.7. The van der Waals surface area contributed by atoms with Crippen molar-refractivity contribution in [2.24, 2.45) is 0 Å². The third kappa shape index (κ3) is 5.55. The molecule has 0 aliphatic rings. The van der Waals surface area contributed by atoms with Gasteiger partial charge in [-0.3, -0.25) is 9.59 Å². The lowest BCUT2D eigenvalue weighted by Crippen LogP contribution is -2.34. The fourth-order valence-electron chi connectivity index (χ4n) is 1.77. The van der Waals surface area contributed by atoms with Crippen molar-refractivity contribution in [1.82, 2.24) is 4.90 Å². The molecule has 0 bridgehead atoms. The summed E-state index contributed by atoms with van der Waals surface area (Å²) in [6.45, 7) is 2.42. The van der Waals surface area contributed by atoms with E-state index in [0.717, 1.165) is 0 Å². The van der Waals surface area contributed by atoms with Crippen LogP contribution in [0.5, 0.6) is 0 Å². The van der Waals surface area contributed by atoms with Gasteiger partial charge in [0.15, 0.2) is 0 Å². The highest BCUT2D eigenvalue weighted by Gasteiger charge is 2.18. The topological polar surface area (TPSA) is 70.4 Å². The van der Waals surface area contributed by atoms with Crippen molar-refractivity contribution in [3.8, 4) is 6.07 Å². The van der Waals surface area contributed by atoms with E-state index in [2.05, 4.69) is 0 Å². The van der Waals surface area contributed by atoms with E-state index < -0.39 is 0 Å². The molecule has 118 valence electrons. The van der Waals surface area contributed by atoms with Crippen LogP contribution in [0.1, 0.15) is 30.1 Å². The van der Waals surface area contributed by atoms with Crippen molar-refractivity contribution >= 4 is 35.1 Å². The summed E-state index contributed by atoms with van der Waals surface area (Å²) in [6.07, 6.45) is 0.252. The van der Waals surface area contributed by atoms with Gasteiger partial charge in [-0.15, -0.1) is 0 Å². The zero-order valence-electron chi connectivity index (χ0n) is 12.1. The Balaban J connectivity index is 2.81. The number of ether oxygens (including phenoxy) is 1. The highest BCUT2D eigenvalue weighted by atomic mass is 35.5. The maximum atomic E-state index is 12.4. The molecule has 0 atom stereocenters. The van der Waals surface area contributed by atoms with Gasteiger partial charge in [-0.25, -0.2) is 0 Å². The lowest BCUT2D eigenvalue weighted by Gasteiger charge is -2.21. The quantitative estimate of drug-likeness (QED) is 0.712. The van der Waals surface area contributed by atoms with E-state index in [0.29, 0.717) is 10.6 Å². The number of carbonyl (C=O) groups excluding carboxylic acids is 2. The largest absolute Gasteiger partial charge is 0.466 e. The van der Waals surface area contributed by atoms with E-state index >= 15 is 0 Å². The predicted octanol–water partition coefficient (Wildman–Crippen LogP) is 3.30. The highest BCUT2D eigenvalue weighted by molar-refractivity contribution is 6.42. The number of hydrogen-bond acceptors (Lipinski definition) is 4. The first-order valence-electron chi connectivity index (χ1n) is 6.76. The number of nitrogens with zero attached hydrogens (tertiary/aromatic N) is 2. The van der Waals surface area contributed by atoms with Crippen LogP contribution < -0.4 is 0 Å². The SMILES string of the molecule is CCOC(=O)CCN(CCC#N)C(=O)c1ccc(Cl)c(Cl)c1. The molecule has 0 heterocycles. The Morgan fingerprint density at radius 2 is 2.00 bits per heavy atom. The second kappa shape index (κ2) is 9.29. The summed E-state index contributed by atoms with van der Waals surface area (Å²) in [5.74, 6) is -0.690. The van der Waals surface area contributed by atoms with Gasteiger partial charge in [0.05, 0.1) is 35.6 Å². The molecule has 1 amide bonds. The number of hydrogen-bond donors (Lipinski definition) is 0. The van der Waals surface area contributed by atoms with Gasteiger partial charge < -0.3 is 9.64 Å². The summed E-state index contributed by atoms with van der Waals surface area (Å²) in [4.78, 5) is 25.3. The number of nitriles is 1. The zero-order valence-corrected chi connectivity index (χ0v) is 13.7. The van der Waals surface area contributed by atoms with Gasteiger partial charge in [0.1, 0.15) is 0 Å². The molecule has 0 unspecified atom stereocenters. The Morgan fingerprint density at radius 3 is 2.59 bits per heavy atom. The van der Waals surface area contributed by atoms with Gasteiger partial charge in [-0.05, 0) is 25.1 Å². The molecular formula is C15H16Cl2N2O3. The number of halogens is 2. The summed E-state index contributed by atoms with van der Waals surface area (Å²) < 4.78 is 4.84. The summed E-state index contributed by atoms with van der Waals surface area (Å²) in [7, 11) is 0. The molecule has 1 aromatic carbocycles. The van der Waals surface area contributed by atoms with Crippen LogP contribution in [0.3, 0.4) is 0 Å². The standard InChI is InChI=1S/C15H16Cl2N2O3/c1-2-22-14(20)6-9-19(8-3-7-18)15(21)11-4-5-12(16)13(17)10-11/h4-5,10H,2-3,6,8-9H2,1H3. The molecule has 0 aliphatic heterocycles. The van der Waals surface area contributed by atoms with Crippen LogP contribution >= 0.6 is 23.2 Å².